The van der Waals surface area contributed by atoms with E-state index >= 15 is 0 Å². The van der Waals surface area contributed by atoms with E-state index in [2.05, 4.69) is 15.1 Å². The lowest BCUT2D eigenvalue weighted by atomic mass is 10.1. The fourth-order valence-corrected chi connectivity index (χ4v) is 1.99. The first-order chi connectivity index (χ1) is 8.66. The number of fused-ring (bicyclic) bond motifs is 1. The van der Waals surface area contributed by atoms with E-state index in [0.29, 0.717) is 11.5 Å². The molecule has 0 spiro atoms. The van der Waals surface area contributed by atoms with E-state index in [1.807, 2.05) is 30.3 Å². The first-order valence-corrected chi connectivity index (χ1v) is 5.48. The van der Waals surface area contributed by atoms with Gasteiger partial charge >= 0.3 is 0 Å². The van der Waals surface area contributed by atoms with Crippen molar-refractivity contribution in [2.24, 2.45) is 7.05 Å². The zero-order chi connectivity index (χ0) is 12.7. The van der Waals surface area contributed by atoms with Gasteiger partial charge in [-0.05, 0) is 0 Å². The molecular formula is C12H12N6. The lowest BCUT2D eigenvalue weighted by Crippen LogP contribution is -2.01. The number of aromatic nitrogens is 4. The van der Waals surface area contributed by atoms with Gasteiger partial charge in [0.2, 0.25) is 5.95 Å². The number of hydrogen-bond donors (Lipinski definition) is 2. The van der Waals surface area contributed by atoms with Gasteiger partial charge in [-0.15, -0.1) is 0 Å². The quantitative estimate of drug-likeness (QED) is 0.666. The van der Waals surface area contributed by atoms with Crippen LogP contribution in [0, 0.1) is 0 Å². The highest BCUT2D eigenvalue weighted by molar-refractivity contribution is 5.98. The summed E-state index contributed by atoms with van der Waals surface area (Å²) in [6, 6.07) is 9.79. The highest BCUT2D eigenvalue weighted by Gasteiger charge is 2.15. The second kappa shape index (κ2) is 3.69. The minimum absolute atomic E-state index is 0.155. The van der Waals surface area contributed by atoms with Crippen molar-refractivity contribution in [3.8, 4) is 11.3 Å². The van der Waals surface area contributed by atoms with Crippen LogP contribution >= 0.6 is 0 Å². The SMILES string of the molecule is Cn1nc(-c2ccccc2)c2c(N)nc(N)nc21. The average Bonchev–Trinajstić information content (AvgIpc) is 2.68. The summed E-state index contributed by atoms with van der Waals surface area (Å²) in [5.74, 6) is 0.507. The molecule has 18 heavy (non-hydrogen) atoms. The van der Waals surface area contributed by atoms with Crippen molar-refractivity contribution in [2.75, 3.05) is 11.5 Å². The first kappa shape index (κ1) is 10.5. The lowest BCUT2D eigenvalue weighted by molar-refractivity contribution is 0.789. The Hall–Kier alpha value is -2.63. The third-order valence-corrected chi connectivity index (χ3v) is 2.78. The molecule has 0 radical (unpaired) electrons. The van der Waals surface area contributed by atoms with Crippen LogP contribution in [-0.2, 0) is 7.05 Å². The Balaban J connectivity index is 2.38. The van der Waals surface area contributed by atoms with E-state index in [0.717, 1.165) is 16.6 Å². The summed E-state index contributed by atoms with van der Waals surface area (Å²) in [6.07, 6.45) is 0. The van der Waals surface area contributed by atoms with E-state index in [-0.39, 0.29) is 5.95 Å². The van der Waals surface area contributed by atoms with Crippen molar-refractivity contribution >= 4 is 22.8 Å². The number of anilines is 2. The van der Waals surface area contributed by atoms with Crippen LogP contribution < -0.4 is 11.5 Å². The second-order valence-corrected chi connectivity index (χ2v) is 4.00. The molecule has 0 fully saturated rings. The molecule has 1 aromatic carbocycles. The van der Waals surface area contributed by atoms with Gasteiger partial charge in [-0.2, -0.15) is 15.1 Å². The Morgan fingerprint density at radius 2 is 1.78 bits per heavy atom. The number of nitrogens with two attached hydrogens (primary N) is 2. The molecule has 2 heterocycles. The van der Waals surface area contributed by atoms with Crippen LogP contribution in [-0.4, -0.2) is 19.7 Å². The van der Waals surface area contributed by atoms with Gasteiger partial charge in [0.25, 0.3) is 0 Å². The second-order valence-electron chi connectivity index (χ2n) is 4.00. The van der Waals surface area contributed by atoms with Crippen LogP contribution in [0.15, 0.2) is 30.3 Å². The number of aryl methyl sites for hydroxylation is 1. The molecule has 0 bridgehead atoms. The van der Waals surface area contributed by atoms with Crippen molar-refractivity contribution < 1.29 is 0 Å². The zero-order valence-corrected chi connectivity index (χ0v) is 9.83. The number of nitrogen functional groups attached to an aromatic ring is 2. The maximum absolute atomic E-state index is 5.92. The number of benzene rings is 1. The summed E-state index contributed by atoms with van der Waals surface area (Å²) in [5.41, 5.74) is 13.9. The molecule has 3 rings (SSSR count). The Bertz CT molecular complexity index is 716. The maximum Gasteiger partial charge on any atom is 0.224 e. The number of nitrogens with zero attached hydrogens (tertiary/aromatic N) is 4. The van der Waals surface area contributed by atoms with Crippen molar-refractivity contribution in [3.05, 3.63) is 30.3 Å². The van der Waals surface area contributed by atoms with Gasteiger partial charge in [0.1, 0.15) is 11.5 Å². The summed E-state index contributed by atoms with van der Waals surface area (Å²) >= 11 is 0. The van der Waals surface area contributed by atoms with E-state index in [1.165, 1.54) is 0 Å². The largest absolute Gasteiger partial charge is 0.383 e. The van der Waals surface area contributed by atoms with Crippen LogP contribution in [0.2, 0.25) is 0 Å². The topological polar surface area (TPSA) is 95.6 Å². The minimum Gasteiger partial charge on any atom is -0.383 e. The molecule has 0 saturated heterocycles. The van der Waals surface area contributed by atoms with E-state index in [1.54, 1.807) is 11.7 Å². The zero-order valence-electron chi connectivity index (χ0n) is 9.83. The summed E-state index contributed by atoms with van der Waals surface area (Å²) in [6.45, 7) is 0. The highest BCUT2D eigenvalue weighted by Crippen LogP contribution is 2.30. The predicted molar refractivity (Wildman–Crippen MR) is 70.6 cm³/mol. The molecule has 6 heteroatoms. The minimum atomic E-state index is 0.155. The predicted octanol–water partition coefficient (Wildman–Crippen LogP) is 1.19. The van der Waals surface area contributed by atoms with Gasteiger partial charge in [-0.3, -0.25) is 0 Å². The van der Waals surface area contributed by atoms with Gasteiger partial charge < -0.3 is 11.5 Å². The van der Waals surface area contributed by atoms with Gasteiger partial charge in [0, 0.05) is 12.6 Å². The Kier molecular flexibility index (Phi) is 2.16. The molecule has 90 valence electrons. The normalized spacial score (nSPS) is 10.9. The van der Waals surface area contributed by atoms with Crippen LogP contribution in [0.5, 0.6) is 0 Å². The summed E-state index contributed by atoms with van der Waals surface area (Å²) < 4.78 is 1.66. The summed E-state index contributed by atoms with van der Waals surface area (Å²) in [5, 5.41) is 5.17. The Labute approximate surface area is 103 Å². The van der Waals surface area contributed by atoms with Crippen molar-refractivity contribution in [2.45, 2.75) is 0 Å². The highest BCUT2D eigenvalue weighted by atomic mass is 15.3. The molecule has 0 atom stereocenters. The number of rotatable bonds is 1. The van der Waals surface area contributed by atoms with E-state index < -0.39 is 0 Å². The Morgan fingerprint density at radius 1 is 1.06 bits per heavy atom. The Morgan fingerprint density at radius 3 is 2.50 bits per heavy atom. The van der Waals surface area contributed by atoms with Gasteiger partial charge in [0.15, 0.2) is 5.65 Å². The number of hydrogen-bond acceptors (Lipinski definition) is 5. The van der Waals surface area contributed by atoms with Gasteiger partial charge in [-0.25, -0.2) is 4.68 Å². The van der Waals surface area contributed by atoms with E-state index in [9.17, 15) is 0 Å². The molecule has 0 saturated carbocycles. The molecule has 2 aromatic heterocycles. The first-order valence-electron chi connectivity index (χ1n) is 5.48. The van der Waals surface area contributed by atoms with Crippen LogP contribution in [0.25, 0.3) is 22.3 Å². The molecule has 6 nitrogen and oxygen atoms in total. The van der Waals surface area contributed by atoms with Crippen molar-refractivity contribution in [1.29, 1.82) is 0 Å². The van der Waals surface area contributed by atoms with Crippen LogP contribution in [0.4, 0.5) is 11.8 Å². The third-order valence-electron chi connectivity index (χ3n) is 2.78. The molecule has 3 aromatic rings. The monoisotopic (exact) mass is 240 g/mol. The summed E-state index contributed by atoms with van der Waals surface area (Å²) in [7, 11) is 1.81. The van der Waals surface area contributed by atoms with Gasteiger partial charge in [0.05, 0.1) is 5.39 Å². The fraction of sp³-hybridized carbons (Fsp3) is 0.0833. The van der Waals surface area contributed by atoms with Crippen molar-refractivity contribution in [3.63, 3.8) is 0 Å². The summed E-state index contributed by atoms with van der Waals surface area (Å²) in [4.78, 5) is 8.16. The standard InChI is InChI=1S/C12H12N6/c1-18-11-8(10(13)15-12(14)16-11)9(17-18)7-5-3-2-4-6-7/h2-6H,1H3,(H4,13,14,15,16). The molecule has 0 amide bonds. The van der Waals surface area contributed by atoms with Gasteiger partial charge in [-0.1, -0.05) is 30.3 Å². The lowest BCUT2D eigenvalue weighted by Gasteiger charge is -2.00. The molecule has 0 unspecified atom stereocenters. The average molecular weight is 240 g/mol. The van der Waals surface area contributed by atoms with Crippen molar-refractivity contribution in [1.82, 2.24) is 19.7 Å². The van der Waals surface area contributed by atoms with Crippen LogP contribution in [0.1, 0.15) is 0 Å². The maximum atomic E-state index is 5.92. The van der Waals surface area contributed by atoms with Crippen LogP contribution in [0.3, 0.4) is 0 Å². The smallest absolute Gasteiger partial charge is 0.224 e. The van der Waals surface area contributed by atoms with E-state index in [4.69, 9.17) is 11.5 Å². The molecular weight excluding hydrogens is 228 g/mol. The fourth-order valence-electron chi connectivity index (χ4n) is 1.99. The molecule has 0 aliphatic carbocycles. The molecule has 4 N–H and O–H groups in total. The molecule has 0 aliphatic rings. The molecule has 0 aliphatic heterocycles. The third kappa shape index (κ3) is 1.46.